The van der Waals surface area contributed by atoms with Crippen LogP contribution < -0.4 is 10.5 Å². The molecule has 1 aromatic carbocycles. The van der Waals surface area contributed by atoms with Gasteiger partial charge in [0.15, 0.2) is 0 Å². The highest BCUT2D eigenvalue weighted by atomic mass is 79.9. The Hall–Kier alpha value is -0.540. The van der Waals surface area contributed by atoms with Gasteiger partial charge >= 0.3 is 0 Å². The molecule has 1 atom stereocenters. The van der Waals surface area contributed by atoms with E-state index in [4.69, 9.17) is 10.5 Å². The lowest BCUT2D eigenvalue weighted by atomic mass is 9.89. The molecule has 1 saturated carbocycles. The van der Waals surface area contributed by atoms with E-state index >= 15 is 0 Å². The minimum absolute atomic E-state index is 0.207. The molecule has 1 aliphatic rings. The van der Waals surface area contributed by atoms with Gasteiger partial charge < -0.3 is 10.5 Å². The summed E-state index contributed by atoms with van der Waals surface area (Å²) < 4.78 is 7.36. The van der Waals surface area contributed by atoms with Gasteiger partial charge in [-0.05, 0) is 68.2 Å². The maximum absolute atomic E-state index is 6.26. The Bertz CT molecular complexity index is 427. The first-order valence-corrected chi connectivity index (χ1v) is 8.58. The Kier molecular flexibility index (Phi) is 5.91. The van der Waals surface area contributed by atoms with Crippen molar-refractivity contribution in [1.29, 1.82) is 0 Å². The average Bonchev–Trinajstić information content (AvgIpc) is 2.44. The van der Waals surface area contributed by atoms with Gasteiger partial charge in [0.1, 0.15) is 5.75 Å². The zero-order chi connectivity index (χ0) is 14.5. The molecule has 0 amide bonds. The molecule has 3 heteroatoms. The molecule has 2 rings (SSSR count). The topological polar surface area (TPSA) is 35.2 Å². The molecule has 1 fully saturated rings. The van der Waals surface area contributed by atoms with Crippen LogP contribution in [0.4, 0.5) is 0 Å². The van der Waals surface area contributed by atoms with Crippen LogP contribution in [0.5, 0.6) is 5.75 Å². The second-order valence-electron chi connectivity index (χ2n) is 6.12. The van der Waals surface area contributed by atoms with Crippen LogP contribution in [-0.2, 0) is 6.42 Å². The van der Waals surface area contributed by atoms with Gasteiger partial charge in [-0.15, -0.1) is 0 Å². The first kappa shape index (κ1) is 15.8. The Morgan fingerprint density at radius 2 is 2.00 bits per heavy atom. The fraction of sp³-hybridized carbons (Fsp3) is 0.647. The van der Waals surface area contributed by atoms with Crippen molar-refractivity contribution in [2.24, 2.45) is 11.7 Å². The molecule has 20 heavy (non-hydrogen) atoms. The number of hydrogen-bond acceptors (Lipinski definition) is 2. The van der Waals surface area contributed by atoms with Crippen LogP contribution in [0.15, 0.2) is 22.7 Å². The lowest BCUT2D eigenvalue weighted by Gasteiger charge is -2.28. The normalized spacial score (nSPS) is 24.4. The van der Waals surface area contributed by atoms with Gasteiger partial charge in [-0.1, -0.05) is 29.8 Å². The summed E-state index contributed by atoms with van der Waals surface area (Å²) in [4.78, 5) is 0. The average molecular weight is 340 g/mol. The quantitative estimate of drug-likeness (QED) is 0.844. The summed E-state index contributed by atoms with van der Waals surface area (Å²) in [6.45, 7) is 4.47. The van der Waals surface area contributed by atoms with Gasteiger partial charge in [0.05, 0.1) is 6.10 Å². The van der Waals surface area contributed by atoms with E-state index in [1.165, 1.54) is 31.2 Å². The number of halogens is 1. The second-order valence-corrected chi connectivity index (χ2v) is 7.04. The van der Waals surface area contributed by atoms with E-state index in [2.05, 4.69) is 48.0 Å². The van der Waals surface area contributed by atoms with Crippen LogP contribution in [0, 0.1) is 5.92 Å². The fourth-order valence-electron chi connectivity index (χ4n) is 2.78. The number of ether oxygens (including phenoxy) is 1. The third kappa shape index (κ3) is 4.49. The predicted octanol–water partition coefficient (Wildman–Crippen LogP) is 4.69. The summed E-state index contributed by atoms with van der Waals surface area (Å²) in [5.41, 5.74) is 7.33. The zero-order valence-corrected chi connectivity index (χ0v) is 14.2. The van der Waals surface area contributed by atoms with Crippen LogP contribution in [0.1, 0.15) is 51.5 Å². The first-order valence-electron chi connectivity index (χ1n) is 7.79. The van der Waals surface area contributed by atoms with Gasteiger partial charge in [0, 0.05) is 10.5 Å². The maximum Gasteiger partial charge on any atom is 0.123 e. The van der Waals surface area contributed by atoms with Crippen LogP contribution in [-0.4, -0.2) is 12.1 Å². The monoisotopic (exact) mass is 339 g/mol. The molecule has 2 N–H and O–H groups in total. The molecule has 0 heterocycles. The molecule has 0 radical (unpaired) electrons. The van der Waals surface area contributed by atoms with E-state index in [-0.39, 0.29) is 6.04 Å². The van der Waals surface area contributed by atoms with E-state index < -0.39 is 0 Å². The molecule has 0 spiro atoms. The van der Waals surface area contributed by atoms with Crippen molar-refractivity contribution in [2.45, 2.75) is 64.5 Å². The predicted molar refractivity (Wildman–Crippen MR) is 88.2 cm³/mol. The van der Waals surface area contributed by atoms with E-state index in [0.29, 0.717) is 6.10 Å². The lowest BCUT2D eigenvalue weighted by molar-refractivity contribution is 0.134. The van der Waals surface area contributed by atoms with Crippen molar-refractivity contribution in [3.05, 3.63) is 28.2 Å². The van der Waals surface area contributed by atoms with Crippen LogP contribution in [0.25, 0.3) is 0 Å². The smallest absolute Gasteiger partial charge is 0.123 e. The molecular weight excluding hydrogens is 314 g/mol. The highest BCUT2D eigenvalue weighted by molar-refractivity contribution is 9.10. The Labute approximate surface area is 131 Å². The third-order valence-electron chi connectivity index (χ3n) is 4.29. The molecule has 0 saturated heterocycles. The maximum atomic E-state index is 6.26. The molecule has 2 nitrogen and oxygen atoms in total. The van der Waals surface area contributed by atoms with Gasteiger partial charge in [-0.3, -0.25) is 0 Å². The van der Waals surface area contributed by atoms with E-state index in [0.717, 1.165) is 29.0 Å². The highest BCUT2D eigenvalue weighted by Gasteiger charge is 2.20. The third-order valence-corrected chi connectivity index (χ3v) is 4.78. The number of rotatable bonds is 5. The summed E-state index contributed by atoms with van der Waals surface area (Å²) in [7, 11) is 0. The van der Waals surface area contributed by atoms with Crippen LogP contribution in [0.3, 0.4) is 0 Å². The molecular formula is C17H26BrNO. The molecule has 112 valence electrons. The van der Waals surface area contributed by atoms with Gasteiger partial charge in [-0.25, -0.2) is 0 Å². The standard InChI is InChI=1S/C17H26BrNO/c1-3-15(19)11-13-10-14(18)6-9-17(13)20-16-7-4-12(2)5-8-16/h6,9-10,12,15-16H,3-5,7-8,11,19H2,1-2H3. The van der Waals surface area contributed by atoms with E-state index in [1.807, 2.05) is 0 Å². The fourth-order valence-corrected chi connectivity index (χ4v) is 3.18. The van der Waals surface area contributed by atoms with Crippen molar-refractivity contribution < 1.29 is 4.74 Å². The Morgan fingerprint density at radius 1 is 1.30 bits per heavy atom. The van der Waals surface area contributed by atoms with Crippen molar-refractivity contribution in [3.8, 4) is 5.75 Å². The molecule has 1 unspecified atom stereocenters. The minimum Gasteiger partial charge on any atom is -0.490 e. The number of benzene rings is 1. The van der Waals surface area contributed by atoms with Gasteiger partial charge in [0.25, 0.3) is 0 Å². The lowest BCUT2D eigenvalue weighted by Crippen LogP contribution is -2.25. The minimum atomic E-state index is 0.207. The summed E-state index contributed by atoms with van der Waals surface area (Å²) in [6.07, 6.45) is 7.17. The Morgan fingerprint density at radius 3 is 2.65 bits per heavy atom. The molecule has 0 aromatic heterocycles. The van der Waals surface area contributed by atoms with Crippen molar-refractivity contribution >= 4 is 15.9 Å². The molecule has 0 bridgehead atoms. The largest absolute Gasteiger partial charge is 0.490 e. The summed E-state index contributed by atoms with van der Waals surface area (Å²) in [5.74, 6) is 1.88. The van der Waals surface area contributed by atoms with Crippen molar-refractivity contribution in [1.82, 2.24) is 0 Å². The highest BCUT2D eigenvalue weighted by Crippen LogP contribution is 2.30. The van der Waals surface area contributed by atoms with Crippen LogP contribution in [0.2, 0.25) is 0 Å². The molecule has 0 aliphatic heterocycles. The SMILES string of the molecule is CCC(N)Cc1cc(Br)ccc1OC1CCC(C)CC1. The zero-order valence-electron chi connectivity index (χ0n) is 12.6. The molecule has 1 aromatic rings. The van der Waals surface area contributed by atoms with Crippen LogP contribution >= 0.6 is 15.9 Å². The summed E-state index contributed by atoms with van der Waals surface area (Å²) >= 11 is 3.54. The Balaban J connectivity index is 2.06. The van der Waals surface area contributed by atoms with E-state index in [9.17, 15) is 0 Å². The number of hydrogen-bond donors (Lipinski definition) is 1. The summed E-state index contributed by atoms with van der Waals surface area (Å²) in [5, 5.41) is 0. The second kappa shape index (κ2) is 7.46. The molecule has 1 aliphatic carbocycles. The summed E-state index contributed by atoms with van der Waals surface area (Å²) in [6, 6.07) is 6.50. The first-order chi connectivity index (χ1) is 9.58. The van der Waals surface area contributed by atoms with Crippen molar-refractivity contribution in [3.63, 3.8) is 0 Å². The number of nitrogens with two attached hydrogens (primary N) is 1. The van der Waals surface area contributed by atoms with Gasteiger partial charge in [0.2, 0.25) is 0 Å². The van der Waals surface area contributed by atoms with Gasteiger partial charge in [-0.2, -0.15) is 0 Å². The van der Waals surface area contributed by atoms with E-state index in [1.54, 1.807) is 0 Å². The van der Waals surface area contributed by atoms with Crippen molar-refractivity contribution in [2.75, 3.05) is 0 Å².